The molecule has 3 aromatic rings. The summed E-state index contributed by atoms with van der Waals surface area (Å²) in [4.78, 5) is 12.5. The van der Waals surface area contributed by atoms with Crippen LogP contribution in [-0.2, 0) is 16.6 Å². The number of benzene rings is 3. The molecule has 0 bridgehead atoms. The number of ether oxygens (including phenoxy) is 1. The Hall–Kier alpha value is -3.23. The number of anilines is 1. The van der Waals surface area contributed by atoms with Crippen molar-refractivity contribution < 1.29 is 22.3 Å². The van der Waals surface area contributed by atoms with Gasteiger partial charge in [0.25, 0.3) is 5.91 Å². The highest BCUT2D eigenvalue weighted by Gasteiger charge is 2.20. The Morgan fingerprint density at radius 3 is 2.26 bits per heavy atom. The van der Waals surface area contributed by atoms with Gasteiger partial charge in [0.2, 0.25) is 10.0 Å². The summed E-state index contributed by atoms with van der Waals surface area (Å²) in [5.41, 5.74) is 2.57. The van der Waals surface area contributed by atoms with E-state index in [9.17, 15) is 17.6 Å². The maximum absolute atomic E-state index is 14.3. The van der Waals surface area contributed by atoms with E-state index in [0.717, 1.165) is 34.9 Å². The third-order valence-electron chi connectivity index (χ3n) is 4.84. The summed E-state index contributed by atoms with van der Waals surface area (Å²) in [7, 11) is -2.42. The zero-order valence-electron chi connectivity index (χ0n) is 17.4. The van der Waals surface area contributed by atoms with Crippen LogP contribution in [0.5, 0.6) is 5.75 Å². The lowest BCUT2D eigenvalue weighted by atomic mass is 10.1. The first-order valence-corrected chi connectivity index (χ1v) is 11.0. The van der Waals surface area contributed by atoms with Crippen LogP contribution in [0.15, 0.2) is 65.6 Å². The summed E-state index contributed by atoms with van der Waals surface area (Å²) < 4.78 is 47.3. The molecule has 0 aliphatic rings. The molecule has 1 amide bonds. The molecule has 8 heteroatoms. The van der Waals surface area contributed by atoms with Crippen molar-refractivity contribution in [1.29, 1.82) is 0 Å². The highest BCUT2D eigenvalue weighted by molar-refractivity contribution is 7.89. The molecule has 0 saturated heterocycles. The fourth-order valence-corrected chi connectivity index (χ4v) is 4.09. The Balaban J connectivity index is 1.80. The van der Waals surface area contributed by atoms with Crippen LogP contribution in [0.4, 0.5) is 10.1 Å². The van der Waals surface area contributed by atoms with Gasteiger partial charge in [-0.3, -0.25) is 4.79 Å². The second-order valence-electron chi connectivity index (χ2n) is 7.04. The monoisotopic (exact) mass is 442 g/mol. The normalized spacial score (nSPS) is 11.2. The third kappa shape index (κ3) is 5.28. The molecule has 0 radical (unpaired) electrons. The van der Waals surface area contributed by atoms with E-state index in [0.29, 0.717) is 11.4 Å². The minimum absolute atomic E-state index is 0.0354. The van der Waals surface area contributed by atoms with Gasteiger partial charge < -0.3 is 10.1 Å². The van der Waals surface area contributed by atoms with Crippen LogP contribution in [0.25, 0.3) is 0 Å². The highest BCUT2D eigenvalue weighted by Crippen LogP contribution is 2.22. The number of aryl methyl sites for hydroxylation is 2. The molecule has 0 aliphatic carbocycles. The maximum atomic E-state index is 14.3. The van der Waals surface area contributed by atoms with Crippen molar-refractivity contribution in [3.8, 4) is 5.75 Å². The predicted molar refractivity (Wildman–Crippen MR) is 117 cm³/mol. The number of nitrogens with one attached hydrogen (secondary N) is 2. The lowest BCUT2D eigenvalue weighted by molar-refractivity contribution is 0.102. The van der Waals surface area contributed by atoms with Crippen molar-refractivity contribution in [1.82, 2.24) is 4.72 Å². The van der Waals surface area contributed by atoms with Crippen LogP contribution in [0.3, 0.4) is 0 Å². The highest BCUT2D eigenvalue weighted by atomic mass is 32.2. The smallest absolute Gasteiger partial charge is 0.258 e. The molecule has 0 saturated carbocycles. The van der Waals surface area contributed by atoms with Crippen LogP contribution in [0.2, 0.25) is 0 Å². The molecule has 3 rings (SSSR count). The second-order valence-corrected chi connectivity index (χ2v) is 8.80. The summed E-state index contributed by atoms with van der Waals surface area (Å²) in [5, 5.41) is 2.68. The fraction of sp³-hybridized carbons (Fsp3) is 0.174. The van der Waals surface area contributed by atoms with E-state index < -0.39 is 21.7 Å². The molecular weight excluding hydrogens is 419 g/mol. The largest absolute Gasteiger partial charge is 0.497 e. The lowest BCUT2D eigenvalue weighted by Crippen LogP contribution is -2.24. The number of methoxy groups -OCH3 is 1. The van der Waals surface area contributed by atoms with Crippen LogP contribution < -0.4 is 14.8 Å². The Labute approximate surface area is 181 Å². The summed E-state index contributed by atoms with van der Waals surface area (Å²) >= 11 is 0. The van der Waals surface area contributed by atoms with Gasteiger partial charge in [0.1, 0.15) is 11.6 Å². The Morgan fingerprint density at radius 2 is 1.65 bits per heavy atom. The molecule has 2 N–H and O–H groups in total. The van der Waals surface area contributed by atoms with Gasteiger partial charge in [0.05, 0.1) is 17.6 Å². The van der Waals surface area contributed by atoms with E-state index >= 15 is 0 Å². The number of para-hydroxylation sites is 1. The van der Waals surface area contributed by atoms with Crippen LogP contribution in [0.1, 0.15) is 27.0 Å². The average Bonchev–Trinajstić information content (AvgIpc) is 2.75. The predicted octanol–water partition coefficient (Wildman–Crippen LogP) is 4.18. The molecule has 0 fully saturated rings. The van der Waals surface area contributed by atoms with E-state index in [4.69, 9.17) is 4.74 Å². The summed E-state index contributed by atoms with van der Waals surface area (Å²) in [6.07, 6.45) is 0. The Kier molecular flexibility index (Phi) is 6.72. The van der Waals surface area contributed by atoms with Crippen LogP contribution in [-0.4, -0.2) is 21.4 Å². The second kappa shape index (κ2) is 9.28. The third-order valence-corrected chi connectivity index (χ3v) is 6.24. The van der Waals surface area contributed by atoms with Crippen LogP contribution >= 0.6 is 0 Å². The summed E-state index contributed by atoms with van der Waals surface area (Å²) in [5.74, 6) is -0.871. The first kappa shape index (κ1) is 22.5. The average molecular weight is 443 g/mol. The Morgan fingerprint density at radius 1 is 1.00 bits per heavy atom. The number of carbonyl (C=O) groups is 1. The number of hydrogen-bond acceptors (Lipinski definition) is 4. The molecule has 162 valence electrons. The van der Waals surface area contributed by atoms with Crippen molar-refractivity contribution in [3.63, 3.8) is 0 Å². The molecule has 6 nitrogen and oxygen atoms in total. The minimum Gasteiger partial charge on any atom is -0.497 e. The van der Waals surface area contributed by atoms with Crippen molar-refractivity contribution >= 4 is 21.6 Å². The van der Waals surface area contributed by atoms with Gasteiger partial charge in [-0.05, 0) is 60.9 Å². The van der Waals surface area contributed by atoms with Crippen LogP contribution in [0, 0.1) is 19.7 Å². The zero-order valence-corrected chi connectivity index (χ0v) is 18.2. The standard InChI is InChI=1S/C23H23FN2O4S/c1-15-5-4-6-16(2)22(15)26-23(27)20-13-19(11-12-21(20)24)31(28,29)25-14-17-7-9-18(30-3)10-8-17/h4-13,25H,14H2,1-3H3,(H,26,27). The van der Waals surface area contributed by atoms with Gasteiger partial charge >= 0.3 is 0 Å². The number of hydrogen-bond donors (Lipinski definition) is 2. The fourth-order valence-electron chi connectivity index (χ4n) is 3.04. The van der Waals surface area contributed by atoms with E-state index in [2.05, 4.69) is 10.0 Å². The van der Waals surface area contributed by atoms with Gasteiger partial charge in [-0.25, -0.2) is 17.5 Å². The quantitative estimate of drug-likeness (QED) is 0.575. The minimum atomic E-state index is -3.96. The maximum Gasteiger partial charge on any atom is 0.258 e. The van der Waals surface area contributed by atoms with Crippen molar-refractivity contribution in [3.05, 3.63) is 88.7 Å². The van der Waals surface area contributed by atoms with Crippen molar-refractivity contribution in [2.45, 2.75) is 25.3 Å². The van der Waals surface area contributed by atoms with Crippen molar-refractivity contribution in [2.24, 2.45) is 0 Å². The number of halogens is 1. The number of carbonyl (C=O) groups excluding carboxylic acids is 1. The first-order chi connectivity index (χ1) is 14.7. The van der Waals surface area contributed by atoms with E-state index in [-0.39, 0.29) is 17.0 Å². The van der Waals surface area contributed by atoms with Crippen molar-refractivity contribution in [2.75, 3.05) is 12.4 Å². The van der Waals surface area contributed by atoms with Gasteiger partial charge in [-0.15, -0.1) is 0 Å². The number of sulfonamides is 1. The van der Waals surface area contributed by atoms with E-state index in [1.165, 1.54) is 0 Å². The van der Waals surface area contributed by atoms with E-state index in [1.54, 1.807) is 31.4 Å². The lowest BCUT2D eigenvalue weighted by Gasteiger charge is -2.13. The molecule has 3 aromatic carbocycles. The number of amides is 1. The number of rotatable bonds is 7. The molecule has 0 aliphatic heterocycles. The molecule has 0 aromatic heterocycles. The molecule has 0 unspecified atom stereocenters. The van der Waals surface area contributed by atoms with Gasteiger partial charge in [0, 0.05) is 12.2 Å². The van der Waals surface area contributed by atoms with Gasteiger partial charge in [0.15, 0.2) is 0 Å². The first-order valence-electron chi connectivity index (χ1n) is 9.51. The zero-order chi connectivity index (χ0) is 22.6. The Bertz CT molecular complexity index is 1190. The molecule has 0 heterocycles. The molecule has 31 heavy (non-hydrogen) atoms. The summed E-state index contributed by atoms with van der Waals surface area (Å²) in [6.45, 7) is 3.68. The van der Waals surface area contributed by atoms with Gasteiger partial charge in [-0.2, -0.15) is 0 Å². The summed E-state index contributed by atoms with van der Waals surface area (Å²) in [6, 6.07) is 15.5. The molecule has 0 atom stereocenters. The SMILES string of the molecule is COc1ccc(CNS(=O)(=O)c2ccc(F)c(C(=O)Nc3c(C)cccc3C)c2)cc1. The topological polar surface area (TPSA) is 84.5 Å². The molecule has 0 spiro atoms. The van der Waals surface area contributed by atoms with Gasteiger partial charge in [-0.1, -0.05) is 30.3 Å². The molecular formula is C23H23FN2O4S. The van der Waals surface area contributed by atoms with E-state index in [1.807, 2.05) is 32.0 Å².